The number of aryl methyl sites for hydroxylation is 2. The van der Waals surface area contributed by atoms with E-state index in [1.165, 1.54) is 0 Å². The van der Waals surface area contributed by atoms with Gasteiger partial charge in [0.2, 0.25) is 0 Å². The molecular formula is C23H23ClN2O2. The van der Waals surface area contributed by atoms with Crippen LogP contribution in [0.25, 0.3) is 0 Å². The summed E-state index contributed by atoms with van der Waals surface area (Å²) in [7, 11) is 0. The van der Waals surface area contributed by atoms with Crippen LogP contribution < -0.4 is 9.64 Å². The molecule has 3 aromatic rings. The molecule has 1 atom stereocenters. The number of hydrogen-bond donors (Lipinski definition) is 0. The van der Waals surface area contributed by atoms with Crippen molar-refractivity contribution in [3.8, 4) is 5.75 Å². The average molecular weight is 395 g/mol. The number of hydrogen-bond acceptors (Lipinski definition) is 3. The molecule has 1 amide bonds. The summed E-state index contributed by atoms with van der Waals surface area (Å²) in [5.74, 6) is 1.05. The van der Waals surface area contributed by atoms with Crippen LogP contribution >= 0.6 is 11.6 Å². The number of benzene rings is 2. The van der Waals surface area contributed by atoms with Crippen molar-refractivity contribution in [2.75, 3.05) is 4.90 Å². The first-order valence-electron chi connectivity index (χ1n) is 9.15. The fourth-order valence-electron chi connectivity index (χ4n) is 3.06. The number of nitrogens with zero attached hydrogens (tertiary/aromatic N) is 2. The first-order valence-corrected chi connectivity index (χ1v) is 9.52. The normalized spacial score (nSPS) is 11.7. The molecule has 0 aliphatic heterocycles. The summed E-state index contributed by atoms with van der Waals surface area (Å²) in [6.45, 7) is 6.08. The fourth-order valence-corrected chi connectivity index (χ4v) is 3.25. The number of aromatic nitrogens is 1. The van der Waals surface area contributed by atoms with Gasteiger partial charge in [-0.1, -0.05) is 41.9 Å². The minimum Gasteiger partial charge on any atom is -0.481 e. The fraction of sp³-hybridized carbons (Fsp3) is 0.217. The number of anilines is 1. The van der Waals surface area contributed by atoms with Gasteiger partial charge in [-0.15, -0.1) is 0 Å². The van der Waals surface area contributed by atoms with Crippen molar-refractivity contribution >= 4 is 23.3 Å². The van der Waals surface area contributed by atoms with E-state index in [2.05, 4.69) is 11.1 Å². The molecule has 3 rings (SSSR count). The van der Waals surface area contributed by atoms with Gasteiger partial charge in [0.25, 0.3) is 5.91 Å². The minimum atomic E-state index is -0.675. The SMILES string of the molecule is Cc1cc(C)cc(OC(C)C(=O)N(Cc2ccccc2Cl)c2ccccn2)c1. The number of halogens is 1. The van der Waals surface area contributed by atoms with E-state index in [4.69, 9.17) is 16.3 Å². The second-order valence-electron chi connectivity index (χ2n) is 6.79. The summed E-state index contributed by atoms with van der Waals surface area (Å²) in [4.78, 5) is 19.2. The molecule has 0 fully saturated rings. The van der Waals surface area contributed by atoms with Crippen LogP contribution in [0.5, 0.6) is 5.75 Å². The van der Waals surface area contributed by atoms with Crippen molar-refractivity contribution in [3.05, 3.63) is 88.6 Å². The van der Waals surface area contributed by atoms with Crippen molar-refractivity contribution in [1.29, 1.82) is 0 Å². The van der Waals surface area contributed by atoms with Gasteiger partial charge < -0.3 is 4.74 Å². The van der Waals surface area contributed by atoms with E-state index >= 15 is 0 Å². The van der Waals surface area contributed by atoms with Crippen LogP contribution in [0.2, 0.25) is 5.02 Å². The number of ether oxygens (including phenoxy) is 1. The highest BCUT2D eigenvalue weighted by atomic mass is 35.5. The van der Waals surface area contributed by atoms with Gasteiger partial charge in [-0.05, 0) is 67.8 Å². The van der Waals surface area contributed by atoms with E-state index in [1.807, 2.05) is 62.4 Å². The second kappa shape index (κ2) is 8.89. The average Bonchev–Trinajstić information content (AvgIpc) is 2.66. The molecule has 1 aromatic heterocycles. The first kappa shape index (κ1) is 19.9. The van der Waals surface area contributed by atoms with Gasteiger partial charge in [0, 0.05) is 11.2 Å². The molecule has 0 spiro atoms. The molecule has 2 aromatic carbocycles. The van der Waals surface area contributed by atoms with Crippen LogP contribution in [-0.4, -0.2) is 17.0 Å². The maximum atomic E-state index is 13.3. The van der Waals surface area contributed by atoms with Gasteiger partial charge in [-0.3, -0.25) is 9.69 Å². The Kier molecular flexibility index (Phi) is 6.32. The lowest BCUT2D eigenvalue weighted by Crippen LogP contribution is -2.40. The molecule has 0 N–H and O–H groups in total. The van der Waals surface area contributed by atoms with E-state index in [-0.39, 0.29) is 5.91 Å². The number of carbonyl (C=O) groups is 1. The van der Waals surface area contributed by atoms with Gasteiger partial charge >= 0.3 is 0 Å². The highest BCUT2D eigenvalue weighted by Gasteiger charge is 2.25. The molecule has 0 saturated carbocycles. The molecule has 144 valence electrons. The summed E-state index contributed by atoms with van der Waals surface area (Å²) < 4.78 is 5.96. The van der Waals surface area contributed by atoms with E-state index < -0.39 is 6.10 Å². The lowest BCUT2D eigenvalue weighted by Gasteiger charge is -2.26. The van der Waals surface area contributed by atoms with Crippen LogP contribution in [0.4, 0.5) is 5.82 Å². The summed E-state index contributed by atoms with van der Waals surface area (Å²) >= 11 is 6.32. The third-order valence-corrected chi connectivity index (χ3v) is 4.70. The Morgan fingerprint density at radius 2 is 1.75 bits per heavy atom. The standard InChI is InChI=1S/C23H23ClN2O2/c1-16-12-17(2)14-20(13-16)28-18(3)23(27)26(22-10-6-7-11-25-22)15-19-8-4-5-9-21(19)24/h4-14,18H,15H2,1-3H3. The smallest absolute Gasteiger partial charge is 0.269 e. The molecule has 5 heteroatoms. The van der Waals surface area contributed by atoms with Crippen molar-refractivity contribution in [1.82, 2.24) is 4.98 Å². The zero-order chi connectivity index (χ0) is 20.1. The van der Waals surface area contributed by atoms with Crippen molar-refractivity contribution < 1.29 is 9.53 Å². The maximum Gasteiger partial charge on any atom is 0.269 e. The zero-order valence-corrected chi connectivity index (χ0v) is 17.0. The molecule has 4 nitrogen and oxygen atoms in total. The molecule has 28 heavy (non-hydrogen) atoms. The molecule has 0 aliphatic carbocycles. The molecular weight excluding hydrogens is 372 g/mol. The van der Waals surface area contributed by atoms with E-state index in [0.717, 1.165) is 16.7 Å². The van der Waals surface area contributed by atoms with Crippen LogP contribution in [0.1, 0.15) is 23.6 Å². The molecule has 0 saturated heterocycles. The lowest BCUT2D eigenvalue weighted by atomic mass is 10.1. The van der Waals surface area contributed by atoms with Crippen LogP contribution in [0.3, 0.4) is 0 Å². The highest BCUT2D eigenvalue weighted by molar-refractivity contribution is 6.31. The minimum absolute atomic E-state index is 0.183. The summed E-state index contributed by atoms with van der Waals surface area (Å²) in [5, 5.41) is 0.610. The Bertz CT molecular complexity index is 940. The van der Waals surface area contributed by atoms with Gasteiger partial charge in [-0.25, -0.2) is 4.98 Å². The summed E-state index contributed by atoms with van der Waals surface area (Å²) in [6, 6.07) is 18.9. The topological polar surface area (TPSA) is 42.4 Å². The first-order chi connectivity index (χ1) is 13.4. The Morgan fingerprint density at radius 1 is 1.07 bits per heavy atom. The van der Waals surface area contributed by atoms with Gasteiger partial charge in [0.05, 0.1) is 6.54 Å². The van der Waals surface area contributed by atoms with E-state index in [9.17, 15) is 4.79 Å². The highest BCUT2D eigenvalue weighted by Crippen LogP contribution is 2.23. The maximum absolute atomic E-state index is 13.3. The van der Waals surface area contributed by atoms with Gasteiger partial charge in [0.15, 0.2) is 6.10 Å². The summed E-state index contributed by atoms with van der Waals surface area (Å²) in [6.07, 6.45) is 0.989. The molecule has 0 aliphatic rings. The molecule has 0 bridgehead atoms. The lowest BCUT2D eigenvalue weighted by molar-refractivity contribution is -0.124. The Hall–Kier alpha value is -2.85. The van der Waals surface area contributed by atoms with Crippen LogP contribution in [0.15, 0.2) is 66.9 Å². The number of pyridine rings is 1. The van der Waals surface area contributed by atoms with E-state index in [0.29, 0.717) is 23.1 Å². The summed E-state index contributed by atoms with van der Waals surface area (Å²) in [5.41, 5.74) is 3.03. The van der Waals surface area contributed by atoms with Crippen molar-refractivity contribution in [2.45, 2.75) is 33.4 Å². The van der Waals surface area contributed by atoms with Crippen LogP contribution in [0, 0.1) is 13.8 Å². The van der Waals surface area contributed by atoms with Crippen LogP contribution in [-0.2, 0) is 11.3 Å². The molecule has 1 heterocycles. The van der Waals surface area contributed by atoms with Gasteiger partial charge in [0.1, 0.15) is 11.6 Å². The predicted molar refractivity (Wildman–Crippen MR) is 113 cm³/mol. The number of carbonyl (C=O) groups excluding carboxylic acids is 1. The Balaban J connectivity index is 1.86. The quantitative estimate of drug-likeness (QED) is 0.565. The number of rotatable bonds is 6. The van der Waals surface area contributed by atoms with Crippen molar-refractivity contribution in [2.24, 2.45) is 0 Å². The third kappa shape index (κ3) is 4.90. The number of amides is 1. The monoisotopic (exact) mass is 394 g/mol. The Morgan fingerprint density at radius 3 is 2.39 bits per heavy atom. The molecule has 0 radical (unpaired) electrons. The predicted octanol–water partition coefficient (Wildman–Crippen LogP) is 5.35. The third-order valence-electron chi connectivity index (χ3n) is 4.33. The van der Waals surface area contributed by atoms with E-state index in [1.54, 1.807) is 24.1 Å². The zero-order valence-electron chi connectivity index (χ0n) is 16.2. The van der Waals surface area contributed by atoms with Crippen molar-refractivity contribution in [3.63, 3.8) is 0 Å². The van der Waals surface area contributed by atoms with Gasteiger partial charge in [-0.2, -0.15) is 0 Å². The Labute approximate surface area is 170 Å². The molecule has 1 unspecified atom stereocenters. The largest absolute Gasteiger partial charge is 0.481 e. The second-order valence-corrected chi connectivity index (χ2v) is 7.19.